The van der Waals surface area contributed by atoms with Gasteiger partial charge in [0.2, 0.25) is 5.91 Å². The molecule has 1 N–H and O–H groups in total. The SMILES string of the molecule is CCc1ccc(NC(=O)Cc2csc(SCc3ccc(C)cc3)n2)cc1. The van der Waals surface area contributed by atoms with Gasteiger partial charge < -0.3 is 5.32 Å². The number of thiazole rings is 1. The third-order valence-corrected chi connectivity index (χ3v) is 6.14. The van der Waals surface area contributed by atoms with Gasteiger partial charge >= 0.3 is 0 Å². The zero-order valence-corrected chi connectivity index (χ0v) is 16.6. The van der Waals surface area contributed by atoms with Crippen molar-refractivity contribution < 1.29 is 4.79 Å². The van der Waals surface area contributed by atoms with E-state index in [-0.39, 0.29) is 5.91 Å². The van der Waals surface area contributed by atoms with E-state index in [0.29, 0.717) is 6.42 Å². The fraction of sp³-hybridized carbons (Fsp3) is 0.238. The molecular formula is C21H22N2OS2. The normalized spacial score (nSPS) is 10.7. The van der Waals surface area contributed by atoms with Gasteiger partial charge in [0.25, 0.3) is 0 Å². The molecule has 1 aromatic heterocycles. The van der Waals surface area contributed by atoms with E-state index in [1.54, 1.807) is 23.1 Å². The second kappa shape index (κ2) is 9.01. The minimum absolute atomic E-state index is 0.0327. The first-order chi connectivity index (χ1) is 12.6. The molecule has 0 spiro atoms. The molecule has 0 aliphatic heterocycles. The Morgan fingerprint density at radius 2 is 1.77 bits per heavy atom. The van der Waals surface area contributed by atoms with Gasteiger partial charge in [-0.05, 0) is 36.6 Å². The van der Waals surface area contributed by atoms with Gasteiger partial charge in [-0.25, -0.2) is 4.98 Å². The highest BCUT2D eigenvalue weighted by molar-refractivity contribution is 8.00. The fourth-order valence-corrected chi connectivity index (χ4v) is 4.26. The number of nitrogens with zero attached hydrogens (tertiary/aromatic N) is 1. The first-order valence-corrected chi connectivity index (χ1v) is 10.5. The van der Waals surface area contributed by atoms with Crippen LogP contribution in [-0.2, 0) is 23.4 Å². The Bertz CT molecular complexity index is 854. The molecule has 0 bridgehead atoms. The smallest absolute Gasteiger partial charge is 0.230 e. The van der Waals surface area contributed by atoms with Crippen molar-refractivity contribution in [3.63, 3.8) is 0 Å². The number of amides is 1. The molecule has 0 unspecified atom stereocenters. The lowest BCUT2D eigenvalue weighted by Gasteiger charge is -2.05. The van der Waals surface area contributed by atoms with Gasteiger partial charge in [0, 0.05) is 16.8 Å². The van der Waals surface area contributed by atoms with Crippen LogP contribution < -0.4 is 5.32 Å². The Kier molecular flexibility index (Phi) is 6.47. The molecule has 2 aromatic carbocycles. The summed E-state index contributed by atoms with van der Waals surface area (Å²) in [6.07, 6.45) is 1.30. The molecule has 134 valence electrons. The van der Waals surface area contributed by atoms with Crippen LogP contribution in [0.1, 0.15) is 29.3 Å². The summed E-state index contributed by atoms with van der Waals surface area (Å²) in [5.74, 6) is 0.859. The molecule has 0 aliphatic carbocycles. The van der Waals surface area contributed by atoms with Gasteiger partial charge in [0.15, 0.2) is 0 Å². The van der Waals surface area contributed by atoms with Crippen molar-refractivity contribution in [3.05, 3.63) is 76.3 Å². The molecule has 0 radical (unpaired) electrons. The van der Waals surface area contributed by atoms with Crippen molar-refractivity contribution in [2.24, 2.45) is 0 Å². The van der Waals surface area contributed by atoms with Crippen LogP contribution >= 0.6 is 23.1 Å². The van der Waals surface area contributed by atoms with E-state index in [2.05, 4.69) is 48.4 Å². The number of benzene rings is 2. The van der Waals surface area contributed by atoms with Crippen LogP contribution in [0.2, 0.25) is 0 Å². The molecule has 0 saturated carbocycles. The van der Waals surface area contributed by atoms with Gasteiger partial charge in [-0.1, -0.05) is 60.6 Å². The first kappa shape index (κ1) is 18.7. The topological polar surface area (TPSA) is 42.0 Å². The number of rotatable bonds is 7. The standard InChI is InChI=1S/C21H22N2OS2/c1-3-16-8-10-18(11-9-16)22-20(24)12-19-14-26-21(23-19)25-13-17-6-4-15(2)5-7-17/h4-11,14H,3,12-13H2,1-2H3,(H,22,24). The summed E-state index contributed by atoms with van der Waals surface area (Å²) in [6, 6.07) is 16.5. The number of carbonyl (C=O) groups is 1. The third kappa shape index (κ3) is 5.44. The number of hydrogen-bond acceptors (Lipinski definition) is 4. The van der Waals surface area contributed by atoms with E-state index in [1.165, 1.54) is 16.7 Å². The Labute approximate surface area is 162 Å². The molecule has 0 saturated heterocycles. The highest BCUT2D eigenvalue weighted by Crippen LogP contribution is 2.26. The summed E-state index contributed by atoms with van der Waals surface area (Å²) in [5, 5.41) is 4.90. The summed E-state index contributed by atoms with van der Waals surface area (Å²) in [4.78, 5) is 16.8. The summed E-state index contributed by atoms with van der Waals surface area (Å²) >= 11 is 3.31. The maximum atomic E-state index is 12.2. The molecule has 0 atom stereocenters. The number of aryl methyl sites for hydroxylation is 2. The number of hydrogen-bond donors (Lipinski definition) is 1. The zero-order valence-electron chi connectivity index (χ0n) is 15.0. The van der Waals surface area contributed by atoms with E-state index < -0.39 is 0 Å². The average molecular weight is 383 g/mol. The molecule has 3 nitrogen and oxygen atoms in total. The van der Waals surface area contributed by atoms with E-state index in [0.717, 1.165) is 27.9 Å². The maximum Gasteiger partial charge on any atom is 0.230 e. The van der Waals surface area contributed by atoms with Crippen LogP contribution in [-0.4, -0.2) is 10.9 Å². The molecule has 0 aliphatic rings. The lowest BCUT2D eigenvalue weighted by atomic mass is 10.1. The Morgan fingerprint density at radius 3 is 2.46 bits per heavy atom. The molecule has 3 aromatic rings. The highest BCUT2D eigenvalue weighted by Gasteiger charge is 2.09. The minimum atomic E-state index is -0.0327. The lowest BCUT2D eigenvalue weighted by Crippen LogP contribution is -2.14. The Hall–Kier alpha value is -2.11. The largest absolute Gasteiger partial charge is 0.326 e. The molecule has 0 fully saturated rings. The fourth-order valence-electron chi connectivity index (χ4n) is 2.46. The third-order valence-electron chi connectivity index (χ3n) is 4.00. The summed E-state index contributed by atoms with van der Waals surface area (Å²) in [5.41, 5.74) is 5.47. The number of nitrogens with one attached hydrogen (secondary N) is 1. The van der Waals surface area contributed by atoms with Crippen molar-refractivity contribution in [1.82, 2.24) is 4.98 Å². The molecule has 3 rings (SSSR count). The number of thioether (sulfide) groups is 1. The van der Waals surface area contributed by atoms with E-state index in [1.807, 2.05) is 29.6 Å². The van der Waals surface area contributed by atoms with Crippen LogP contribution in [0.5, 0.6) is 0 Å². The van der Waals surface area contributed by atoms with E-state index in [4.69, 9.17) is 0 Å². The molecule has 26 heavy (non-hydrogen) atoms. The van der Waals surface area contributed by atoms with Gasteiger partial charge in [-0.2, -0.15) is 0 Å². The van der Waals surface area contributed by atoms with Crippen molar-refractivity contribution in [1.29, 1.82) is 0 Å². The van der Waals surface area contributed by atoms with Crippen molar-refractivity contribution >= 4 is 34.7 Å². The predicted molar refractivity (Wildman–Crippen MR) is 111 cm³/mol. The highest BCUT2D eigenvalue weighted by atomic mass is 32.2. The lowest BCUT2D eigenvalue weighted by molar-refractivity contribution is -0.115. The second-order valence-corrected chi connectivity index (χ2v) is 8.24. The van der Waals surface area contributed by atoms with Crippen molar-refractivity contribution in [2.75, 3.05) is 5.32 Å². The van der Waals surface area contributed by atoms with Gasteiger partial charge in [-0.15, -0.1) is 11.3 Å². The molecule has 1 amide bonds. The zero-order chi connectivity index (χ0) is 18.4. The Balaban J connectivity index is 1.50. The van der Waals surface area contributed by atoms with Crippen LogP contribution in [0, 0.1) is 6.92 Å². The van der Waals surface area contributed by atoms with Crippen LogP contribution in [0.4, 0.5) is 5.69 Å². The van der Waals surface area contributed by atoms with Gasteiger partial charge in [0.1, 0.15) is 4.34 Å². The van der Waals surface area contributed by atoms with Crippen molar-refractivity contribution in [3.8, 4) is 0 Å². The second-order valence-electron chi connectivity index (χ2n) is 6.15. The van der Waals surface area contributed by atoms with E-state index in [9.17, 15) is 4.79 Å². The monoisotopic (exact) mass is 382 g/mol. The van der Waals surface area contributed by atoms with Crippen LogP contribution in [0.15, 0.2) is 58.3 Å². The summed E-state index contributed by atoms with van der Waals surface area (Å²) in [6.45, 7) is 4.21. The molecule has 5 heteroatoms. The number of aromatic nitrogens is 1. The average Bonchev–Trinajstić information content (AvgIpc) is 3.09. The summed E-state index contributed by atoms with van der Waals surface area (Å²) in [7, 11) is 0. The summed E-state index contributed by atoms with van der Waals surface area (Å²) < 4.78 is 1.00. The van der Waals surface area contributed by atoms with Crippen molar-refractivity contribution in [2.45, 2.75) is 36.8 Å². The molecular weight excluding hydrogens is 360 g/mol. The predicted octanol–water partition coefficient (Wildman–Crippen LogP) is 5.49. The number of anilines is 1. The van der Waals surface area contributed by atoms with Crippen LogP contribution in [0.25, 0.3) is 0 Å². The van der Waals surface area contributed by atoms with Gasteiger partial charge in [-0.3, -0.25) is 4.79 Å². The molecule has 1 heterocycles. The van der Waals surface area contributed by atoms with Crippen LogP contribution in [0.3, 0.4) is 0 Å². The minimum Gasteiger partial charge on any atom is -0.326 e. The van der Waals surface area contributed by atoms with Gasteiger partial charge in [0.05, 0.1) is 12.1 Å². The number of carbonyl (C=O) groups excluding carboxylic acids is 1. The van der Waals surface area contributed by atoms with E-state index >= 15 is 0 Å². The Morgan fingerprint density at radius 1 is 1.08 bits per heavy atom. The first-order valence-electron chi connectivity index (χ1n) is 8.64. The maximum absolute atomic E-state index is 12.2. The quantitative estimate of drug-likeness (QED) is 0.550.